The third kappa shape index (κ3) is 3.33. The highest BCUT2D eigenvalue weighted by Crippen LogP contribution is 2.08. The molecule has 1 aliphatic rings. The number of hydrogen-bond donors (Lipinski definition) is 1. The number of hydrogen-bond acceptors (Lipinski definition) is 5. The topological polar surface area (TPSA) is 67.4 Å². The molecule has 0 atom stereocenters. The molecule has 1 saturated heterocycles. The lowest BCUT2D eigenvalue weighted by atomic mass is 10.3. The number of nitrogens with zero attached hydrogens (tertiary/aromatic N) is 4. The summed E-state index contributed by atoms with van der Waals surface area (Å²) < 4.78 is 1.70. The van der Waals surface area contributed by atoms with E-state index < -0.39 is 0 Å². The summed E-state index contributed by atoms with van der Waals surface area (Å²) in [4.78, 5) is 20.9. The van der Waals surface area contributed by atoms with Crippen LogP contribution in [-0.4, -0.2) is 53.7 Å². The zero-order chi connectivity index (χ0) is 13.7. The lowest BCUT2D eigenvalue weighted by Crippen LogP contribution is -2.49. The van der Waals surface area contributed by atoms with E-state index in [-0.39, 0.29) is 5.56 Å². The maximum Gasteiger partial charge on any atom is 0.293 e. The van der Waals surface area contributed by atoms with E-state index in [0.717, 1.165) is 45.7 Å². The number of piperazine rings is 1. The summed E-state index contributed by atoms with van der Waals surface area (Å²) in [6.45, 7) is 8.11. The Morgan fingerprint density at radius 2 is 2.05 bits per heavy atom. The first-order valence-corrected chi connectivity index (χ1v) is 6.99. The average Bonchev–Trinajstić information content (AvgIpc) is 2.46. The predicted molar refractivity (Wildman–Crippen MR) is 76.5 cm³/mol. The SMILES string of the molecule is CCn1ccnc(N2CCN(CCCN)CC2)c1=O. The van der Waals surface area contributed by atoms with Crippen molar-refractivity contribution in [2.24, 2.45) is 5.73 Å². The molecule has 106 valence electrons. The average molecular weight is 265 g/mol. The second-order valence-electron chi connectivity index (χ2n) is 4.81. The monoisotopic (exact) mass is 265 g/mol. The van der Waals surface area contributed by atoms with Crippen LogP contribution in [0, 0.1) is 0 Å². The molecule has 0 radical (unpaired) electrons. The minimum Gasteiger partial charge on any atom is -0.349 e. The summed E-state index contributed by atoms with van der Waals surface area (Å²) >= 11 is 0. The fourth-order valence-electron chi connectivity index (χ4n) is 2.40. The summed E-state index contributed by atoms with van der Waals surface area (Å²) in [5.74, 6) is 0.586. The zero-order valence-electron chi connectivity index (χ0n) is 11.6. The van der Waals surface area contributed by atoms with Gasteiger partial charge in [0.05, 0.1) is 0 Å². The standard InChI is InChI=1S/C13H23N5O/c1-2-17-7-5-15-12(13(17)19)18-10-8-16(9-11-18)6-3-4-14/h5,7H,2-4,6,8-11,14H2,1H3. The molecule has 0 aliphatic carbocycles. The van der Waals surface area contributed by atoms with E-state index >= 15 is 0 Å². The van der Waals surface area contributed by atoms with Crippen LogP contribution in [0.25, 0.3) is 0 Å². The molecule has 0 aromatic carbocycles. The minimum atomic E-state index is 0.0143. The molecular formula is C13H23N5O. The number of aryl methyl sites for hydroxylation is 1. The molecule has 0 bridgehead atoms. The Morgan fingerprint density at radius 1 is 1.32 bits per heavy atom. The number of rotatable bonds is 5. The zero-order valence-corrected chi connectivity index (χ0v) is 11.6. The molecule has 2 heterocycles. The van der Waals surface area contributed by atoms with E-state index in [4.69, 9.17) is 5.73 Å². The molecule has 0 saturated carbocycles. The molecule has 1 aromatic heterocycles. The molecule has 1 aliphatic heterocycles. The molecule has 1 fully saturated rings. The van der Waals surface area contributed by atoms with Gasteiger partial charge in [0, 0.05) is 45.1 Å². The first-order chi connectivity index (χ1) is 9.26. The maximum absolute atomic E-state index is 12.2. The molecular weight excluding hydrogens is 242 g/mol. The van der Waals surface area contributed by atoms with Crippen molar-refractivity contribution in [1.82, 2.24) is 14.5 Å². The van der Waals surface area contributed by atoms with Crippen LogP contribution in [-0.2, 0) is 6.54 Å². The normalized spacial score (nSPS) is 16.8. The Kier molecular flexibility index (Phi) is 4.93. The van der Waals surface area contributed by atoms with Crippen LogP contribution in [0.2, 0.25) is 0 Å². The summed E-state index contributed by atoms with van der Waals surface area (Å²) in [6.07, 6.45) is 4.48. The smallest absolute Gasteiger partial charge is 0.293 e. The summed E-state index contributed by atoms with van der Waals surface area (Å²) in [6, 6.07) is 0. The molecule has 0 unspecified atom stereocenters. The van der Waals surface area contributed by atoms with E-state index in [1.807, 2.05) is 6.92 Å². The van der Waals surface area contributed by atoms with Gasteiger partial charge in [0.2, 0.25) is 0 Å². The van der Waals surface area contributed by atoms with Crippen LogP contribution in [0.3, 0.4) is 0 Å². The van der Waals surface area contributed by atoms with Crippen molar-refractivity contribution in [2.45, 2.75) is 19.9 Å². The Morgan fingerprint density at radius 3 is 2.68 bits per heavy atom. The molecule has 1 aromatic rings. The maximum atomic E-state index is 12.2. The van der Waals surface area contributed by atoms with Crippen molar-refractivity contribution in [3.63, 3.8) is 0 Å². The third-order valence-electron chi connectivity index (χ3n) is 3.59. The Balaban J connectivity index is 2.00. The van der Waals surface area contributed by atoms with Gasteiger partial charge in [-0.3, -0.25) is 9.69 Å². The molecule has 0 amide bonds. The van der Waals surface area contributed by atoms with Crippen molar-refractivity contribution < 1.29 is 0 Å². The minimum absolute atomic E-state index is 0.0143. The lowest BCUT2D eigenvalue weighted by molar-refractivity contribution is 0.255. The molecule has 2 rings (SSSR count). The van der Waals surface area contributed by atoms with Gasteiger partial charge in [-0.05, 0) is 26.4 Å². The van der Waals surface area contributed by atoms with Gasteiger partial charge in [0.15, 0.2) is 5.82 Å². The van der Waals surface area contributed by atoms with Crippen molar-refractivity contribution in [2.75, 3.05) is 44.2 Å². The second-order valence-corrected chi connectivity index (χ2v) is 4.81. The molecule has 6 nitrogen and oxygen atoms in total. The van der Waals surface area contributed by atoms with Crippen molar-refractivity contribution in [1.29, 1.82) is 0 Å². The van der Waals surface area contributed by atoms with Crippen molar-refractivity contribution in [3.8, 4) is 0 Å². The van der Waals surface area contributed by atoms with Crippen LogP contribution >= 0.6 is 0 Å². The lowest BCUT2D eigenvalue weighted by Gasteiger charge is -2.35. The van der Waals surface area contributed by atoms with Crippen LogP contribution in [0.1, 0.15) is 13.3 Å². The van der Waals surface area contributed by atoms with Crippen molar-refractivity contribution in [3.05, 3.63) is 22.7 Å². The van der Waals surface area contributed by atoms with Crippen LogP contribution in [0.15, 0.2) is 17.2 Å². The Bertz CT molecular complexity index is 451. The highest BCUT2D eigenvalue weighted by molar-refractivity contribution is 5.36. The third-order valence-corrected chi connectivity index (χ3v) is 3.59. The highest BCUT2D eigenvalue weighted by atomic mass is 16.1. The van der Waals surface area contributed by atoms with Crippen LogP contribution in [0.5, 0.6) is 0 Å². The van der Waals surface area contributed by atoms with Gasteiger partial charge in [-0.1, -0.05) is 0 Å². The van der Waals surface area contributed by atoms with Gasteiger partial charge in [-0.2, -0.15) is 0 Å². The van der Waals surface area contributed by atoms with Gasteiger partial charge in [0.1, 0.15) is 0 Å². The van der Waals surface area contributed by atoms with E-state index in [1.165, 1.54) is 0 Å². The first-order valence-electron chi connectivity index (χ1n) is 6.99. The fourth-order valence-corrected chi connectivity index (χ4v) is 2.40. The molecule has 0 spiro atoms. The van der Waals surface area contributed by atoms with Gasteiger partial charge in [-0.25, -0.2) is 4.98 Å². The highest BCUT2D eigenvalue weighted by Gasteiger charge is 2.20. The molecule has 6 heteroatoms. The second kappa shape index (κ2) is 6.68. The Labute approximate surface area is 113 Å². The number of anilines is 1. The summed E-state index contributed by atoms with van der Waals surface area (Å²) in [5.41, 5.74) is 5.54. The largest absolute Gasteiger partial charge is 0.349 e. The van der Waals surface area contributed by atoms with Crippen LogP contribution < -0.4 is 16.2 Å². The van der Waals surface area contributed by atoms with Crippen LogP contribution in [0.4, 0.5) is 5.82 Å². The summed E-state index contributed by atoms with van der Waals surface area (Å²) in [5, 5.41) is 0. The van der Waals surface area contributed by atoms with E-state index in [9.17, 15) is 4.79 Å². The first kappa shape index (κ1) is 14.0. The quantitative estimate of drug-likeness (QED) is 0.794. The van der Waals surface area contributed by atoms with E-state index in [0.29, 0.717) is 12.4 Å². The van der Waals surface area contributed by atoms with Gasteiger partial charge < -0.3 is 15.2 Å². The van der Waals surface area contributed by atoms with Crippen molar-refractivity contribution >= 4 is 5.82 Å². The summed E-state index contributed by atoms with van der Waals surface area (Å²) in [7, 11) is 0. The number of nitrogens with two attached hydrogens (primary N) is 1. The predicted octanol–water partition coefficient (Wildman–Crippen LogP) is -0.266. The van der Waals surface area contributed by atoms with Gasteiger partial charge in [-0.15, -0.1) is 0 Å². The fraction of sp³-hybridized carbons (Fsp3) is 0.692. The molecule has 2 N–H and O–H groups in total. The van der Waals surface area contributed by atoms with Gasteiger partial charge in [0.25, 0.3) is 5.56 Å². The Hall–Kier alpha value is -1.40. The number of aromatic nitrogens is 2. The molecule has 19 heavy (non-hydrogen) atoms. The van der Waals surface area contributed by atoms with E-state index in [1.54, 1.807) is 17.0 Å². The van der Waals surface area contributed by atoms with E-state index in [2.05, 4.69) is 14.8 Å². The van der Waals surface area contributed by atoms with Gasteiger partial charge >= 0.3 is 0 Å².